The van der Waals surface area contributed by atoms with Gasteiger partial charge in [-0.15, -0.1) is 0 Å². The van der Waals surface area contributed by atoms with Gasteiger partial charge in [0.1, 0.15) is 0 Å². The monoisotopic (exact) mass is 637 g/mol. The van der Waals surface area contributed by atoms with Crippen molar-refractivity contribution in [2.45, 2.75) is 0 Å². The maximum atomic E-state index is 5.16. The second-order valence-corrected chi connectivity index (χ2v) is 12.4. The molecule has 9 aromatic rings. The van der Waals surface area contributed by atoms with Crippen LogP contribution in [0.2, 0.25) is 0 Å². The molecular formula is C47H31N3. The summed E-state index contributed by atoms with van der Waals surface area (Å²) >= 11 is 0. The average molecular weight is 638 g/mol. The maximum absolute atomic E-state index is 5.16. The van der Waals surface area contributed by atoms with Gasteiger partial charge < -0.3 is 0 Å². The molecule has 0 fully saturated rings. The highest BCUT2D eigenvalue weighted by Gasteiger charge is 2.17. The van der Waals surface area contributed by atoms with Crippen LogP contribution in [0, 0.1) is 0 Å². The van der Waals surface area contributed by atoms with Crippen LogP contribution in [-0.4, -0.2) is 15.0 Å². The Kier molecular flexibility index (Phi) is 7.49. The first-order valence-corrected chi connectivity index (χ1v) is 16.9. The fourth-order valence-electron chi connectivity index (χ4n) is 7.03. The number of aromatic nitrogens is 3. The quantitative estimate of drug-likeness (QED) is 0.170. The first-order chi connectivity index (χ1) is 24.8. The van der Waals surface area contributed by atoms with E-state index in [0.717, 1.165) is 44.8 Å². The van der Waals surface area contributed by atoms with Gasteiger partial charge in [0.2, 0.25) is 0 Å². The highest BCUT2D eigenvalue weighted by molar-refractivity contribution is 6.21. The molecule has 7 aromatic carbocycles. The summed E-state index contributed by atoms with van der Waals surface area (Å²) in [4.78, 5) is 14.4. The van der Waals surface area contributed by atoms with Gasteiger partial charge in [-0.1, -0.05) is 152 Å². The van der Waals surface area contributed by atoms with E-state index in [0.29, 0.717) is 5.82 Å². The van der Waals surface area contributed by atoms with Crippen molar-refractivity contribution in [2.75, 3.05) is 0 Å². The molecule has 0 bridgehead atoms. The second-order valence-electron chi connectivity index (χ2n) is 12.4. The standard InChI is InChI=1S/C47H31N3/c1-3-12-35(13-4-1)45-39-18-7-9-20-41(39)46(42-21-10-8-19-40(42)45)38-17-11-16-37(30-38)44-31-43(49-47(50-44)36-14-5-2-6-15-36)34-24-22-32(23-25-34)33-26-28-48-29-27-33/h1-31H. The van der Waals surface area contributed by atoms with E-state index in [2.05, 4.69) is 151 Å². The van der Waals surface area contributed by atoms with E-state index >= 15 is 0 Å². The van der Waals surface area contributed by atoms with Crippen molar-refractivity contribution in [1.29, 1.82) is 0 Å². The predicted molar refractivity (Wildman–Crippen MR) is 207 cm³/mol. The Bertz CT molecular complexity index is 2560. The maximum Gasteiger partial charge on any atom is 0.160 e. The number of rotatable bonds is 6. The minimum absolute atomic E-state index is 0.699. The molecule has 2 heterocycles. The van der Waals surface area contributed by atoms with E-state index in [4.69, 9.17) is 9.97 Å². The molecule has 0 saturated heterocycles. The Hall–Kier alpha value is -6.71. The first kappa shape index (κ1) is 29.4. The lowest BCUT2D eigenvalue weighted by molar-refractivity contribution is 1.18. The van der Waals surface area contributed by atoms with Crippen LogP contribution in [0.1, 0.15) is 0 Å². The second kappa shape index (κ2) is 12.7. The molecule has 0 saturated carbocycles. The van der Waals surface area contributed by atoms with Gasteiger partial charge in [-0.3, -0.25) is 4.98 Å². The lowest BCUT2D eigenvalue weighted by Crippen LogP contribution is -1.96. The number of benzene rings is 7. The Morgan fingerprint density at radius 3 is 1.32 bits per heavy atom. The van der Waals surface area contributed by atoms with Crippen LogP contribution in [0.3, 0.4) is 0 Å². The Morgan fingerprint density at radius 2 is 0.720 bits per heavy atom. The lowest BCUT2D eigenvalue weighted by atomic mass is 9.85. The van der Waals surface area contributed by atoms with Gasteiger partial charge in [-0.25, -0.2) is 9.97 Å². The molecule has 0 aliphatic rings. The van der Waals surface area contributed by atoms with E-state index in [-0.39, 0.29) is 0 Å². The van der Waals surface area contributed by atoms with Crippen molar-refractivity contribution in [3.8, 4) is 67.3 Å². The van der Waals surface area contributed by atoms with Crippen molar-refractivity contribution in [2.24, 2.45) is 0 Å². The van der Waals surface area contributed by atoms with Gasteiger partial charge >= 0.3 is 0 Å². The third kappa shape index (κ3) is 5.41. The molecule has 9 rings (SSSR count). The third-order valence-corrected chi connectivity index (χ3v) is 9.39. The first-order valence-electron chi connectivity index (χ1n) is 16.9. The van der Waals surface area contributed by atoms with Crippen LogP contribution < -0.4 is 0 Å². The SMILES string of the molecule is c1ccc(-c2nc(-c3ccc(-c4ccncc4)cc3)cc(-c3cccc(-c4c5ccccc5c(-c5ccccc5)c5ccccc45)c3)n2)cc1. The van der Waals surface area contributed by atoms with Crippen LogP contribution >= 0.6 is 0 Å². The minimum Gasteiger partial charge on any atom is -0.265 e. The molecule has 3 heteroatoms. The zero-order valence-corrected chi connectivity index (χ0v) is 27.2. The normalized spacial score (nSPS) is 11.2. The highest BCUT2D eigenvalue weighted by atomic mass is 14.9. The predicted octanol–water partition coefficient (Wildman–Crippen LogP) is 12.2. The summed E-state index contributed by atoms with van der Waals surface area (Å²) in [6, 6.07) is 62.0. The van der Waals surface area contributed by atoms with Gasteiger partial charge in [0.15, 0.2) is 5.82 Å². The van der Waals surface area contributed by atoms with Crippen molar-refractivity contribution >= 4 is 21.5 Å². The molecule has 0 unspecified atom stereocenters. The number of fused-ring (bicyclic) bond motifs is 2. The molecule has 50 heavy (non-hydrogen) atoms. The van der Waals surface area contributed by atoms with E-state index < -0.39 is 0 Å². The Balaban J connectivity index is 1.22. The fraction of sp³-hybridized carbons (Fsp3) is 0. The summed E-state index contributed by atoms with van der Waals surface area (Å²) in [7, 11) is 0. The van der Waals surface area contributed by atoms with E-state index in [1.165, 1.54) is 38.2 Å². The number of hydrogen-bond acceptors (Lipinski definition) is 3. The molecule has 2 aromatic heterocycles. The van der Waals surface area contributed by atoms with Gasteiger partial charge in [-0.05, 0) is 79.2 Å². The number of nitrogens with zero attached hydrogens (tertiary/aromatic N) is 3. The van der Waals surface area contributed by atoms with Gasteiger partial charge in [-0.2, -0.15) is 0 Å². The summed E-state index contributed by atoms with van der Waals surface area (Å²) in [5, 5.41) is 4.93. The minimum atomic E-state index is 0.699. The molecule has 0 N–H and O–H groups in total. The zero-order chi connectivity index (χ0) is 33.3. The topological polar surface area (TPSA) is 38.7 Å². The molecule has 3 nitrogen and oxygen atoms in total. The largest absolute Gasteiger partial charge is 0.265 e. The van der Waals surface area contributed by atoms with Gasteiger partial charge in [0, 0.05) is 29.1 Å². The van der Waals surface area contributed by atoms with Gasteiger partial charge in [0.05, 0.1) is 11.4 Å². The molecule has 0 spiro atoms. The van der Waals surface area contributed by atoms with Crippen LogP contribution in [0.5, 0.6) is 0 Å². The number of pyridine rings is 1. The van der Waals surface area contributed by atoms with Crippen LogP contribution in [0.25, 0.3) is 88.8 Å². The Labute approximate surface area is 291 Å². The van der Waals surface area contributed by atoms with E-state index in [9.17, 15) is 0 Å². The smallest absolute Gasteiger partial charge is 0.160 e. The van der Waals surface area contributed by atoms with Crippen molar-refractivity contribution in [3.05, 3.63) is 188 Å². The molecule has 234 valence electrons. The van der Waals surface area contributed by atoms with Crippen molar-refractivity contribution in [3.63, 3.8) is 0 Å². The summed E-state index contributed by atoms with van der Waals surface area (Å²) in [5.41, 5.74) is 11.9. The molecular weight excluding hydrogens is 607 g/mol. The third-order valence-electron chi connectivity index (χ3n) is 9.39. The summed E-state index contributed by atoms with van der Waals surface area (Å²) in [6.07, 6.45) is 3.65. The summed E-state index contributed by atoms with van der Waals surface area (Å²) < 4.78 is 0. The van der Waals surface area contributed by atoms with Crippen LogP contribution in [-0.2, 0) is 0 Å². The zero-order valence-electron chi connectivity index (χ0n) is 27.2. The van der Waals surface area contributed by atoms with Gasteiger partial charge in [0.25, 0.3) is 0 Å². The molecule has 0 atom stereocenters. The van der Waals surface area contributed by atoms with Crippen molar-refractivity contribution < 1.29 is 0 Å². The molecule has 0 aliphatic heterocycles. The summed E-state index contributed by atoms with van der Waals surface area (Å²) in [6.45, 7) is 0. The molecule has 0 radical (unpaired) electrons. The molecule has 0 amide bonds. The highest BCUT2D eigenvalue weighted by Crippen LogP contribution is 2.44. The molecule has 0 aliphatic carbocycles. The van der Waals surface area contributed by atoms with E-state index in [1.54, 1.807) is 0 Å². The average Bonchev–Trinajstić information content (AvgIpc) is 3.21. The fourth-order valence-corrected chi connectivity index (χ4v) is 7.03. The summed E-state index contributed by atoms with van der Waals surface area (Å²) in [5.74, 6) is 0.699. The Morgan fingerprint density at radius 1 is 0.280 bits per heavy atom. The van der Waals surface area contributed by atoms with Crippen LogP contribution in [0.4, 0.5) is 0 Å². The number of hydrogen-bond donors (Lipinski definition) is 0. The van der Waals surface area contributed by atoms with Crippen molar-refractivity contribution in [1.82, 2.24) is 15.0 Å². The van der Waals surface area contributed by atoms with E-state index in [1.807, 2.05) is 42.7 Å². The van der Waals surface area contributed by atoms with Crippen LogP contribution in [0.15, 0.2) is 188 Å². The lowest BCUT2D eigenvalue weighted by Gasteiger charge is -2.18.